The first-order chi connectivity index (χ1) is 14.7. The topological polar surface area (TPSA) is 59.7 Å². The number of rotatable bonds is 3. The van der Waals surface area contributed by atoms with E-state index in [1.54, 1.807) is 12.1 Å². The third-order valence-corrected chi connectivity index (χ3v) is 5.67. The molecule has 3 aromatic carbocycles. The highest BCUT2D eigenvalue weighted by Crippen LogP contribution is 2.39. The van der Waals surface area contributed by atoms with Gasteiger partial charge in [-0.25, -0.2) is 0 Å². The Hall–Kier alpha value is -3.21. The Labute approximate surface area is 174 Å². The van der Waals surface area contributed by atoms with Gasteiger partial charge in [-0.05, 0) is 23.3 Å². The van der Waals surface area contributed by atoms with Crippen molar-refractivity contribution >= 4 is 11.0 Å². The largest absolute Gasteiger partial charge is 0.456 e. The van der Waals surface area contributed by atoms with Gasteiger partial charge in [-0.2, -0.15) is 0 Å². The van der Waals surface area contributed by atoms with Crippen molar-refractivity contribution in [3.63, 3.8) is 0 Å². The number of benzene rings is 3. The first-order valence-corrected chi connectivity index (χ1v) is 10.2. The summed E-state index contributed by atoms with van der Waals surface area (Å²) in [6, 6.07) is 26.6. The van der Waals surface area contributed by atoms with E-state index in [9.17, 15) is 9.90 Å². The monoisotopic (exact) mass is 398 g/mol. The van der Waals surface area contributed by atoms with Gasteiger partial charge in [0.05, 0.1) is 23.7 Å². The highest BCUT2D eigenvalue weighted by atomic mass is 16.5. The number of fused-ring (bicyclic) bond motifs is 1. The van der Waals surface area contributed by atoms with Gasteiger partial charge in [0.25, 0.3) is 0 Å². The van der Waals surface area contributed by atoms with Crippen molar-refractivity contribution in [2.45, 2.75) is 31.2 Å². The van der Waals surface area contributed by atoms with E-state index in [0.29, 0.717) is 29.6 Å². The number of aliphatic hydroxyl groups is 1. The molecule has 5 rings (SSSR count). The fraction of sp³-hybridized carbons (Fsp3) is 0.192. The van der Waals surface area contributed by atoms with Gasteiger partial charge < -0.3 is 14.3 Å². The second-order valence-corrected chi connectivity index (χ2v) is 7.74. The van der Waals surface area contributed by atoms with Crippen molar-refractivity contribution in [3.8, 4) is 11.3 Å². The summed E-state index contributed by atoms with van der Waals surface area (Å²) >= 11 is 0. The van der Waals surface area contributed by atoms with Crippen LogP contribution in [0.1, 0.15) is 36.2 Å². The Kier molecular flexibility index (Phi) is 4.95. The lowest BCUT2D eigenvalue weighted by Crippen LogP contribution is -2.26. The second-order valence-electron chi connectivity index (χ2n) is 7.74. The first-order valence-electron chi connectivity index (χ1n) is 10.2. The predicted molar refractivity (Wildman–Crippen MR) is 116 cm³/mol. The fourth-order valence-electron chi connectivity index (χ4n) is 4.11. The van der Waals surface area contributed by atoms with Gasteiger partial charge in [-0.1, -0.05) is 66.7 Å². The van der Waals surface area contributed by atoms with Gasteiger partial charge in [-0.3, -0.25) is 4.79 Å². The molecule has 1 fully saturated rings. The Balaban J connectivity index is 1.41. The molecule has 0 radical (unpaired) electrons. The lowest BCUT2D eigenvalue weighted by Gasteiger charge is -2.33. The number of ether oxygens (including phenoxy) is 1. The quantitative estimate of drug-likeness (QED) is 0.501. The minimum absolute atomic E-state index is 0.0552. The van der Waals surface area contributed by atoms with Crippen LogP contribution in [0, 0.1) is 0 Å². The van der Waals surface area contributed by atoms with Crippen molar-refractivity contribution in [3.05, 3.63) is 106 Å². The van der Waals surface area contributed by atoms with Crippen LogP contribution < -0.4 is 5.43 Å². The molecule has 0 spiro atoms. The minimum atomic E-state index is -0.410. The Morgan fingerprint density at radius 2 is 1.40 bits per heavy atom. The maximum absolute atomic E-state index is 12.4. The summed E-state index contributed by atoms with van der Waals surface area (Å²) in [7, 11) is 0. The zero-order valence-electron chi connectivity index (χ0n) is 16.4. The van der Waals surface area contributed by atoms with E-state index in [0.717, 1.165) is 16.7 Å². The van der Waals surface area contributed by atoms with Crippen LogP contribution in [0.25, 0.3) is 22.3 Å². The van der Waals surface area contributed by atoms with Crippen LogP contribution in [0.5, 0.6) is 0 Å². The summed E-state index contributed by atoms with van der Waals surface area (Å²) in [6.45, 7) is 0. The van der Waals surface area contributed by atoms with Crippen molar-refractivity contribution in [1.82, 2.24) is 0 Å². The predicted octanol–water partition coefficient (Wildman–Crippen LogP) is 5.41. The molecule has 4 aromatic rings. The average molecular weight is 398 g/mol. The SMILES string of the molecule is O=c1cc(-c2ccc(C3CC(O)CC(c4ccccc4)O3)cc2)oc2ccccc12. The van der Waals surface area contributed by atoms with Crippen LogP contribution >= 0.6 is 0 Å². The van der Waals surface area contributed by atoms with Crippen molar-refractivity contribution < 1.29 is 14.3 Å². The molecule has 0 bridgehead atoms. The van der Waals surface area contributed by atoms with Gasteiger partial charge in [0.2, 0.25) is 0 Å². The first kappa shape index (κ1) is 18.8. The van der Waals surface area contributed by atoms with Crippen LogP contribution in [0.2, 0.25) is 0 Å². The van der Waals surface area contributed by atoms with Crippen LogP contribution in [0.4, 0.5) is 0 Å². The molecular formula is C26H22O4. The molecule has 1 saturated heterocycles. The molecule has 1 N–H and O–H groups in total. The lowest BCUT2D eigenvalue weighted by atomic mass is 9.92. The highest BCUT2D eigenvalue weighted by Gasteiger charge is 2.30. The van der Waals surface area contributed by atoms with Crippen LogP contribution in [-0.4, -0.2) is 11.2 Å². The van der Waals surface area contributed by atoms with Crippen molar-refractivity contribution in [2.75, 3.05) is 0 Å². The van der Waals surface area contributed by atoms with E-state index in [4.69, 9.17) is 9.15 Å². The van der Waals surface area contributed by atoms with Crippen molar-refractivity contribution in [2.24, 2.45) is 0 Å². The van der Waals surface area contributed by atoms with Gasteiger partial charge in [0, 0.05) is 24.5 Å². The van der Waals surface area contributed by atoms with Gasteiger partial charge in [0.15, 0.2) is 5.43 Å². The summed E-state index contributed by atoms with van der Waals surface area (Å²) in [5, 5.41) is 11.0. The molecule has 30 heavy (non-hydrogen) atoms. The van der Waals surface area contributed by atoms with E-state index in [-0.39, 0.29) is 17.6 Å². The van der Waals surface area contributed by atoms with E-state index < -0.39 is 6.10 Å². The fourth-order valence-corrected chi connectivity index (χ4v) is 4.11. The Morgan fingerprint density at radius 1 is 0.767 bits per heavy atom. The van der Waals surface area contributed by atoms with E-state index in [1.807, 2.05) is 66.7 Å². The minimum Gasteiger partial charge on any atom is -0.456 e. The van der Waals surface area contributed by atoms with E-state index in [1.165, 1.54) is 6.07 Å². The number of para-hydroxylation sites is 1. The summed E-state index contributed by atoms with van der Waals surface area (Å²) < 4.78 is 12.3. The zero-order chi connectivity index (χ0) is 20.5. The summed E-state index contributed by atoms with van der Waals surface area (Å²) in [5.74, 6) is 0.539. The maximum Gasteiger partial charge on any atom is 0.193 e. The second kappa shape index (κ2) is 7.90. The Morgan fingerprint density at radius 3 is 2.13 bits per heavy atom. The molecule has 1 aromatic heterocycles. The molecular weight excluding hydrogens is 376 g/mol. The molecule has 4 nitrogen and oxygen atoms in total. The van der Waals surface area contributed by atoms with Crippen LogP contribution in [0.15, 0.2) is 94.1 Å². The molecule has 1 aliphatic rings. The molecule has 3 unspecified atom stereocenters. The summed E-state index contributed by atoms with van der Waals surface area (Å²) in [5.41, 5.74) is 3.43. The standard InChI is InChI=1S/C26H22O4/c27-20-14-24(17-6-2-1-3-7-17)30-25(15-20)18-10-12-19(13-11-18)26-16-22(28)21-8-4-5-9-23(21)29-26/h1-13,16,20,24-25,27H,14-15H2. The molecule has 0 saturated carbocycles. The molecule has 3 atom stereocenters. The average Bonchev–Trinajstić information content (AvgIpc) is 2.79. The summed E-state index contributed by atoms with van der Waals surface area (Å²) in [4.78, 5) is 12.4. The summed E-state index contributed by atoms with van der Waals surface area (Å²) in [6.07, 6.45) is 0.441. The number of hydrogen-bond acceptors (Lipinski definition) is 4. The molecule has 2 heterocycles. The van der Waals surface area contributed by atoms with Gasteiger partial charge in [0.1, 0.15) is 11.3 Å². The van der Waals surface area contributed by atoms with E-state index >= 15 is 0 Å². The highest BCUT2D eigenvalue weighted by molar-refractivity contribution is 5.78. The van der Waals surface area contributed by atoms with Gasteiger partial charge in [-0.15, -0.1) is 0 Å². The van der Waals surface area contributed by atoms with Gasteiger partial charge >= 0.3 is 0 Å². The smallest absolute Gasteiger partial charge is 0.193 e. The molecule has 150 valence electrons. The zero-order valence-corrected chi connectivity index (χ0v) is 16.4. The maximum atomic E-state index is 12.4. The van der Waals surface area contributed by atoms with E-state index in [2.05, 4.69) is 0 Å². The van der Waals surface area contributed by atoms with Crippen molar-refractivity contribution in [1.29, 1.82) is 0 Å². The molecule has 4 heteroatoms. The normalized spacial score (nSPS) is 21.6. The van der Waals surface area contributed by atoms with Crippen LogP contribution in [0.3, 0.4) is 0 Å². The lowest BCUT2D eigenvalue weighted by molar-refractivity contribution is -0.0998. The third kappa shape index (κ3) is 3.67. The molecule has 0 amide bonds. The number of aliphatic hydroxyl groups excluding tert-OH is 1. The Bertz CT molecular complexity index is 1210. The third-order valence-electron chi connectivity index (χ3n) is 5.67. The molecule has 0 aliphatic carbocycles. The van der Waals surface area contributed by atoms with Crippen LogP contribution in [-0.2, 0) is 4.74 Å². The number of hydrogen-bond donors (Lipinski definition) is 1. The molecule has 1 aliphatic heterocycles.